The molecule has 3 N–H and O–H groups in total. The van der Waals surface area contributed by atoms with E-state index in [1.165, 1.54) is 13.1 Å². The van der Waals surface area contributed by atoms with Crippen LogP contribution in [0.4, 0.5) is 5.82 Å². The largest absolute Gasteiger partial charge is 0.484 e. The Morgan fingerprint density at radius 1 is 1.22 bits per heavy atom. The molecule has 2 amide bonds. The number of carbonyl (C=O) groups is 2. The molecular formula is C14H15N5O4. The van der Waals surface area contributed by atoms with Crippen molar-refractivity contribution in [3.63, 3.8) is 0 Å². The van der Waals surface area contributed by atoms with Gasteiger partial charge in [-0.2, -0.15) is 5.10 Å². The van der Waals surface area contributed by atoms with Crippen LogP contribution in [-0.2, 0) is 0 Å². The quantitative estimate of drug-likeness (QED) is 0.758. The molecular weight excluding hydrogens is 302 g/mol. The highest BCUT2D eigenvalue weighted by Crippen LogP contribution is 2.27. The number of aryl methyl sites for hydroxylation is 1. The summed E-state index contributed by atoms with van der Waals surface area (Å²) < 4.78 is 10.7. The van der Waals surface area contributed by atoms with Gasteiger partial charge in [0.2, 0.25) is 0 Å². The normalized spacial score (nSPS) is 12.6. The van der Waals surface area contributed by atoms with Gasteiger partial charge in [0.1, 0.15) is 24.5 Å². The zero-order chi connectivity index (χ0) is 16.4. The van der Waals surface area contributed by atoms with Crippen molar-refractivity contribution in [2.75, 3.05) is 25.6 Å². The maximum Gasteiger partial charge on any atom is 0.275 e. The summed E-state index contributed by atoms with van der Waals surface area (Å²) in [6.07, 6.45) is 0. The number of aromatic amines is 1. The molecule has 0 atom stereocenters. The second kappa shape index (κ2) is 5.95. The summed E-state index contributed by atoms with van der Waals surface area (Å²) in [6.45, 7) is 2.52. The van der Waals surface area contributed by atoms with Gasteiger partial charge in [0.05, 0.1) is 0 Å². The van der Waals surface area contributed by atoms with Gasteiger partial charge in [0.15, 0.2) is 11.6 Å². The van der Waals surface area contributed by atoms with Crippen molar-refractivity contribution in [1.29, 1.82) is 0 Å². The summed E-state index contributed by atoms with van der Waals surface area (Å²) >= 11 is 0. The third kappa shape index (κ3) is 2.80. The van der Waals surface area contributed by atoms with Crippen LogP contribution in [0.25, 0.3) is 0 Å². The third-order valence-corrected chi connectivity index (χ3v) is 3.27. The monoisotopic (exact) mass is 317 g/mol. The Labute approximate surface area is 131 Å². The van der Waals surface area contributed by atoms with Crippen molar-refractivity contribution in [1.82, 2.24) is 20.5 Å². The highest BCUT2D eigenvalue weighted by molar-refractivity contribution is 6.07. The van der Waals surface area contributed by atoms with Crippen LogP contribution >= 0.6 is 0 Å². The van der Waals surface area contributed by atoms with E-state index in [-0.39, 0.29) is 28.9 Å². The van der Waals surface area contributed by atoms with Crippen molar-refractivity contribution < 1.29 is 19.1 Å². The van der Waals surface area contributed by atoms with Crippen LogP contribution in [0.15, 0.2) is 12.1 Å². The average molecular weight is 317 g/mol. The van der Waals surface area contributed by atoms with Gasteiger partial charge in [-0.05, 0) is 19.1 Å². The van der Waals surface area contributed by atoms with Crippen LogP contribution in [0.5, 0.6) is 11.6 Å². The van der Waals surface area contributed by atoms with E-state index >= 15 is 0 Å². The van der Waals surface area contributed by atoms with Crippen molar-refractivity contribution >= 4 is 17.6 Å². The van der Waals surface area contributed by atoms with Gasteiger partial charge in [-0.3, -0.25) is 14.7 Å². The smallest absolute Gasteiger partial charge is 0.275 e. The molecule has 1 aliphatic rings. The van der Waals surface area contributed by atoms with Crippen molar-refractivity contribution in [3.05, 3.63) is 29.1 Å². The third-order valence-electron chi connectivity index (χ3n) is 3.27. The fourth-order valence-corrected chi connectivity index (χ4v) is 2.15. The number of nitrogens with one attached hydrogen (secondary N) is 3. The zero-order valence-corrected chi connectivity index (χ0v) is 12.6. The first-order valence-corrected chi connectivity index (χ1v) is 6.95. The number of amides is 2. The minimum absolute atomic E-state index is 0.137. The Balaban J connectivity index is 1.84. The molecule has 0 spiro atoms. The second-order valence-corrected chi connectivity index (χ2v) is 4.80. The van der Waals surface area contributed by atoms with Gasteiger partial charge in [-0.1, -0.05) is 0 Å². The van der Waals surface area contributed by atoms with Gasteiger partial charge in [0, 0.05) is 12.7 Å². The van der Waals surface area contributed by atoms with E-state index in [0.717, 1.165) is 0 Å². The second-order valence-electron chi connectivity index (χ2n) is 4.80. The molecule has 0 aliphatic carbocycles. The van der Waals surface area contributed by atoms with Gasteiger partial charge in [-0.25, -0.2) is 4.98 Å². The molecule has 2 aromatic rings. The predicted octanol–water partition coefficient (Wildman–Crippen LogP) is 0.496. The first-order valence-electron chi connectivity index (χ1n) is 6.95. The number of hydrogen-bond acceptors (Lipinski definition) is 6. The lowest BCUT2D eigenvalue weighted by molar-refractivity contribution is 0.0963. The molecule has 3 rings (SSSR count). The van der Waals surface area contributed by atoms with Crippen LogP contribution in [0.1, 0.15) is 26.5 Å². The number of ether oxygens (including phenoxy) is 2. The molecule has 0 unspecified atom stereocenters. The minimum Gasteiger partial charge on any atom is -0.484 e. The molecule has 3 heterocycles. The first-order chi connectivity index (χ1) is 11.1. The summed E-state index contributed by atoms with van der Waals surface area (Å²) in [7, 11) is 1.50. The average Bonchev–Trinajstić information content (AvgIpc) is 2.94. The number of rotatable bonds is 3. The van der Waals surface area contributed by atoms with Gasteiger partial charge in [-0.15, -0.1) is 0 Å². The van der Waals surface area contributed by atoms with Crippen LogP contribution in [0.3, 0.4) is 0 Å². The van der Waals surface area contributed by atoms with E-state index in [1.807, 2.05) is 0 Å². The fraction of sp³-hybridized carbons (Fsp3) is 0.286. The first kappa shape index (κ1) is 14.8. The molecule has 2 aromatic heterocycles. The molecule has 0 bridgehead atoms. The molecule has 0 saturated carbocycles. The zero-order valence-electron chi connectivity index (χ0n) is 12.6. The Bertz CT molecular complexity index is 771. The molecule has 120 valence electrons. The van der Waals surface area contributed by atoms with E-state index in [2.05, 4.69) is 25.8 Å². The van der Waals surface area contributed by atoms with Gasteiger partial charge < -0.3 is 20.1 Å². The highest BCUT2D eigenvalue weighted by atomic mass is 16.6. The predicted molar refractivity (Wildman–Crippen MR) is 79.9 cm³/mol. The Hall–Kier alpha value is -3.10. The molecule has 0 radical (unpaired) electrons. The number of aromatic nitrogens is 3. The van der Waals surface area contributed by atoms with E-state index in [4.69, 9.17) is 9.47 Å². The number of fused-ring (bicyclic) bond motifs is 1. The van der Waals surface area contributed by atoms with E-state index in [9.17, 15) is 9.59 Å². The summed E-state index contributed by atoms with van der Waals surface area (Å²) in [5, 5.41) is 11.7. The van der Waals surface area contributed by atoms with Crippen LogP contribution < -0.4 is 20.1 Å². The Morgan fingerprint density at radius 2 is 2.00 bits per heavy atom. The number of nitrogens with zero attached hydrogens (tertiary/aromatic N) is 2. The molecule has 9 nitrogen and oxygen atoms in total. The van der Waals surface area contributed by atoms with Crippen molar-refractivity contribution in [3.8, 4) is 11.6 Å². The molecule has 23 heavy (non-hydrogen) atoms. The minimum atomic E-state index is -0.501. The summed E-state index contributed by atoms with van der Waals surface area (Å²) in [5.41, 5.74) is 0.964. The molecule has 0 fully saturated rings. The summed E-state index contributed by atoms with van der Waals surface area (Å²) in [6, 6.07) is 3.13. The van der Waals surface area contributed by atoms with E-state index in [0.29, 0.717) is 24.7 Å². The fourth-order valence-electron chi connectivity index (χ4n) is 2.15. The molecule has 0 saturated heterocycles. The molecule has 9 heteroatoms. The van der Waals surface area contributed by atoms with E-state index < -0.39 is 5.91 Å². The van der Waals surface area contributed by atoms with Crippen molar-refractivity contribution in [2.24, 2.45) is 0 Å². The standard InChI is InChI=1S/C14H15N5O4/c1-7-10(13(21)15-2)11(19-18-7)17-12(20)8-3-4-9-14(16-8)23-6-5-22-9/h3-4H,5-6H2,1-2H3,(H,15,21)(H2,17,18,19,20). The SMILES string of the molecule is CNC(=O)c1c(NC(=O)c2ccc3c(n2)OCCO3)n[nH]c1C. The van der Waals surface area contributed by atoms with Crippen molar-refractivity contribution in [2.45, 2.75) is 6.92 Å². The Kier molecular flexibility index (Phi) is 3.83. The summed E-state index contributed by atoms with van der Waals surface area (Å²) in [4.78, 5) is 28.3. The lowest BCUT2D eigenvalue weighted by Crippen LogP contribution is -2.22. The maximum absolute atomic E-state index is 12.3. The summed E-state index contributed by atoms with van der Waals surface area (Å²) in [5.74, 6) is 0.0620. The van der Waals surface area contributed by atoms with Gasteiger partial charge in [0.25, 0.3) is 17.7 Å². The topological polar surface area (TPSA) is 118 Å². The molecule has 0 aromatic carbocycles. The lowest BCUT2D eigenvalue weighted by Gasteiger charge is -2.17. The maximum atomic E-state index is 12.3. The van der Waals surface area contributed by atoms with Crippen LogP contribution in [0.2, 0.25) is 0 Å². The van der Waals surface area contributed by atoms with Crippen LogP contribution in [0, 0.1) is 6.92 Å². The lowest BCUT2D eigenvalue weighted by atomic mass is 10.2. The Morgan fingerprint density at radius 3 is 2.78 bits per heavy atom. The van der Waals surface area contributed by atoms with Crippen LogP contribution in [-0.4, -0.2) is 47.3 Å². The van der Waals surface area contributed by atoms with Gasteiger partial charge >= 0.3 is 0 Å². The van der Waals surface area contributed by atoms with E-state index in [1.54, 1.807) is 13.0 Å². The highest BCUT2D eigenvalue weighted by Gasteiger charge is 2.21. The number of H-pyrrole nitrogens is 1. The molecule has 1 aliphatic heterocycles. The number of anilines is 1. The number of carbonyl (C=O) groups excluding carboxylic acids is 2. The number of pyridine rings is 1. The number of hydrogen-bond donors (Lipinski definition) is 3.